The van der Waals surface area contributed by atoms with Crippen molar-refractivity contribution >= 4 is 17.5 Å². The van der Waals surface area contributed by atoms with Crippen LogP contribution >= 0.6 is 11.6 Å². The standard InChI is InChI=1S/C18H23ClN2O3/c1-10-7-13-14(8-18(3,4)9-15(13)23-10)20-16(22)6-5-12-11(2)21-24-17(12)19/h7,14H,5-6,8-9H2,1-4H3,(H,20,22)/t14-/m0/s1. The van der Waals surface area contributed by atoms with Gasteiger partial charge in [-0.2, -0.15) is 0 Å². The van der Waals surface area contributed by atoms with Crippen LogP contribution in [0.25, 0.3) is 0 Å². The number of amides is 1. The van der Waals surface area contributed by atoms with Crippen molar-refractivity contribution in [3.05, 3.63) is 39.6 Å². The molecule has 0 radical (unpaired) electrons. The Kier molecular flexibility index (Phi) is 4.47. The van der Waals surface area contributed by atoms with Crippen LogP contribution in [0, 0.1) is 19.3 Å². The van der Waals surface area contributed by atoms with Gasteiger partial charge < -0.3 is 14.3 Å². The number of furan rings is 1. The molecule has 1 aliphatic carbocycles. The number of rotatable bonds is 4. The minimum Gasteiger partial charge on any atom is -0.466 e. The second kappa shape index (κ2) is 6.28. The lowest BCUT2D eigenvalue weighted by molar-refractivity contribution is -0.122. The molecule has 6 heteroatoms. The Morgan fingerprint density at radius 3 is 2.88 bits per heavy atom. The fraction of sp³-hybridized carbons (Fsp3) is 0.556. The van der Waals surface area contributed by atoms with Gasteiger partial charge in [-0.15, -0.1) is 0 Å². The first-order valence-electron chi connectivity index (χ1n) is 8.24. The molecule has 2 aromatic heterocycles. The fourth-order valence-corrected chi connectivity index (χ4v) is 3.72. The fourth-order valence-electron chi connectivity index (χ4n) is 3.46. The van der Waals surface area contributed by atoms with Gasteiger partial charge in [0.1, 0.15) is 11.5 Å². The van der Waals surface area contributed by atoms with E-state index >= 15 is 0 Å². The lowest BCUT2D eigenvalue weighted by Gasteiger charge is -2.34. The summed E-state index contributed by atoms with van der Waals surface area (Å²) >= 11 is 5.95. The summed E-state index contributed by atoms with van der Waals surface area (Å²) in [5.41, 5.74) is 2.75. The van der Waals surface area contributed by atoms with Gasteiger partial charge in [0, 0.05) is 24.0 Å². The van der Waals surface area contributed by atoms with Crippen LogP contribution in [0.15, 0.2) is 15.0 Å². The number of carbonyl (C=O) groups excluding carboxylic acids is 1. The maximum Gasteiger partial charge on any atom is 0.229 e. The van der Waals surface area contributed by atoms with Crippen molar-refractivity contribution in [1.82, 2.24) is 10.5 Å². The van der Waals surface area contributed by atoms with Crippen molar-refractivity contribution in [3.8, 4) is 0 Å². The molecule has 0 aromatic carbocycles. The molecule has 0 aliphatic heterocycles. The van der Waals surface area contributed by atoms with Crippen molar-refractivity contribution in [2.24, 2.45) is 5.41 Å². The predicted octanol–water partition coefficient (Wildman–Crippen LogP) is 4.30. The largest absolute Gasteiger partial charge is 0.466 e. The van der Waals surface area contributed by atoms with E-state index in [1.807, 2.05) is 19.9 Å². The van der Waals surface area contributed by atoms with Crippen LogP contribution in [0.2, 0.25) is 5.22 Å². The molecule has 0 saturated heterocycles. The SMILES string of the molecule is Cc1cc2c(o1)CC(C)(C)C[C@@H]2NC(=O)CCc1c(C)noc1Cl. The lowest BCUT2D eigenvalue weighted by Crippen LogP contribution is -2.36. The van der Waals surface area contributed by atoms with E-state index in [9.17, 15) is 4.79 Å². The van der Waals surface area contributed by atoms with E-state index < -0.39 is 0 Å². The Morgan fingerprint density at radius 1 is 1.46 bits per heavy atom. The summed E-state index contributed by atoms with van der Waals surface area (Å²) in [6.07, 6.45) is 2.67. The van der Waals surface area contributed by atoms with Gasteiger partial charge in [-0.1, -0.05) is 19.0 Å². The van der Waals surface area contributed by atoms with Gasteiger partial charge in [0.15, 0.2) is 0 Å². The minimum absolute atomic E-state index is 0.000769. The van der Waals surface area contributed by atoms with Gasteiger partial charge in [0.05, 0.1) is 11.7 Å². The van der Waals surface area contributed by atoms with Gasteiger partial charge in [0.2, 0.25) is 11.1 Å². The number of hydrogen-bond acceptors (Lipinski definition) is 4. The minimum atomic E-state index is -0.00672. The molecule has 0 unspecified atom stereocenters. The molecule has 2 heterocycles. The highest BCUT2D eigenvalue weighted by molar-refractivity contribution is 6.29. The second-order valence-corrected chi connectivity index (χ2v) is 7.76. The monoisotopic (exact) mass is 350 g/mol. The Hall–Kier alpha value is -1.75. The molecule has 24 heavy (non-hydrogen) atoms. The molecule has 1 aliphatic rings. The quantitative estimate of drug-likeness (QED) is 0.892. The molecule has 2 aromatic rings. The topological polar surface area (TPSA) is 68.3 Å². The van der Waals surface area contributed by atoms with E-state index in [1.165, 1.54) is 0 Å². The smallest absolute Gasteiger partial charge is 0.229 e. The molecule has 3 rings (SSSR count). The summed E-state index contributed by atoms with van der Waals surface area (Å²) in [6.45, 7) is 8.17. The van der Waals surface area contributed by atoms with Gasteiger partial charge in [-0.25, -0.2) is 0 Å². The molecule has 0 bridgehead atoms. The summed E-state index contributed by atoms with van der Waals surface area (Å²) in [5.74, 6) is 1.88. The van der Waals surface area contributed by atoms with E-state index in [0.29, 0.717) is 12.8 Å². The van der Waals surface area contributed by atoms with Crippen LogP contribution in [0.4, 0.5) is 0 Å². The third-order valence-electron chi connectivity index (χ3n) is 4.61. The molecule has 1 atom stereocenters. The molecule has 0 saturated carbocycles. The molecule has 1 N–H and O–H groups in total. The molecule has 5 nitrogen and oxygen atoms in total. The van der Waals surface area contributed by atoms with Crippen LogP contribution in [0.1, 0.15) is 61.1 Å². The van der Waals surface area contributed by atoms with Crippen molar-refractivity contribution in [2.45, 2.75) is 59.4 Å². The summed E-state index contributed by atoms with van der Waals surface area (Å²) in [6, 6.07) is 2.03. The zero-order valence-corrected chi connectivity index (χ0v) is 15.3. The maximum absolute atomic E-state index is 12.4. The molecular weight excluding hydrogens is 328 g/mol. The number of halogens is 1. The highest BCUT2D eigenvalue weighted by atomic mass is 35.5. The highest BCUT2D eigenvalue weighted by Gasteiger charge is 2.35. The first kappa shape index (κ1) is 17.1. The van der Waals surface area contributed by atoms with Gasteiger partial charge in [0.25, 0.3) is 0 Å². The zero-order valence-electron chi connectivity index (χ0n) is 14.5. The number of hydrogen-bond donors (Lipinski definition) is 1. The van der Waals surface area contributed by atoms with E-state index in [4.69, 9.17) is 20.5 Å². The first-order chi connectivity index (χ1) is 11.2. The molecular formula is C18H23ClN2O3. The van der Waals surface area contributed by atoms with E-state index in [-0.39, 0.29) is 22.6 Å². The van der Waals surface area contributed by atoms with E-state index in [0.717, 1.165) is 41.2 Å². The van der Waals surface area contributed by atoms with Crippen molar-refractivity contribution in [3.63, 3.8) is 0 Å². The summed E-state index contributed by atoms with van der Waals surface area (Å²) in [7, 11) is 0. The van der Waals surface area contributed by atoms with Crippen LogP contribution in [-0.2, 0) is 17.6 Å². The second-order valence-electron chi connectivity index (χ2n) is 7.42. The third-order valence-corrected chi connectivity index (χ3v) is 4.91. The third kappa shape index (κ3) is 3.51. The number of nitrogens with one attached hydrogen (secondary N) is 1. The van der Waals surface area contributed by atoms with Crippen LogP contribution in [0.3, 0.4) is 0 Å². The Morgan fingerprint density at radius 2 is 2.21 bits per heavy atom. The average molecular weight is 351 g/mol. The Balaban J connectivity index is 1.68. The lowest BCUT2D eigenvalue weighted by atomic mass is 9.74. The first-order valence-corrected chi connectivity index (χ1v) is 8.62. The number of fused-ring (bicyclic) bond motifs is 1. The van der Waals surface area contributed by atoms with Crippen LogP contribution in [-0.4, -0.2) is 11.1 Å². The van der Waals surface area contributed by atoms with Crippen molar-refractivity contribution in [1.29, 1.82) is 0 Å². The molecule has 0 spiro atoms. The highest BCUT2D eigenvalue weighted by Crippen LogP contribution is 2.42. The summed E-state index contributed by atoms with van der Waals surface area (Å²) in [4.78, 5) is 12.4. The number of aromatic nitrogens is 1. The zero-order chi connectivity index (χ0) is 17.5. The van der Waals surface area contributed by atoms with Gasteiger partial charge in [-0.05, 0) is 49.8 Å². The molecule has 130 valence electrons. The molecule has 1 amide bonds. The van der Waals surface area contributed by atoms with Crippen molar-refractivity contribution in [2.75, 3.05) is 0 Å². The average Bonchev–Trinajstić information content (AvgIpc) is 2.98. The number of aryl methyl sites for hydroxylation is 2. The number of nitrogens with zero attached hydrogens (tertiary/aromatic N) is 1. The van der Waals surface area contributed by atoms with E-state index in [1.54, 1.807) is 0 Å². The Labute approximate surface area is 146 Å². The van der Waals surface area contributed by atoms with Gasteiger partial charge in [-0.3, -0.25) is 4.79 Å². The predicted molar refractivity (Wildman–Crippen MR) is 91.0 cm³/mol. The van der Waals surface area contributed by atoms with Crippen molar-refractivity contribution < 1.29 is 13.7 Å². The normalized spacial score (nSPS) is 19.1. The summed E-state index contributed by atoms with van der Waals surface area (Å²) < 4.78 is 10.7. The maximum atomic E-state index is 12.4. The van der Waals surface area contributed by atoms with Crippen LogP contribution < -0.4 is 5.32 Å². The molecule has 0 fully saturated rings. The van der Waals surface area contributed by atoms with E-state index in [2.05, 4.69) is 24.3 Å². The Bertz CT molecular complexity index is 741. The summed E-state index contributed by atoms with van der Waals surface area (Å²) in [5, 5.41) is 7.23. The van der Waals surface area contributed by atoms with Crippen LogP contribution in [0.5, 0.6) is 0 Å². The number of carbonyl (C=O) groups is 1. The van der Waals surface area contributed by atoms with Gasteiger partial charge >= 0.3 is 0 Å².